The summed E-state index contributed by atoms with van der Waals surface area (Å²) in [4.78, 5) is 17.2. The summed E-state index contributed by atoms with van der Waals surface area (Å²) in [5.41, 5.74) is 5.75. The number of azo groups is 1. The maximum Gasteiger partial charge on any atom is 0.356 e. The van der Waals surface area contributed by atoms with Gasteiger partial charge < -0.3 is 14.9 Å². The first-order chi connectivity index (χ1) is 15.0. The van der Waals surface area contributed by atoms with Crippen molar-refractivity contribution in [1.82, 2.24) is 10.4 Å². The lowest BCUT2D eigenvalue weighted by Crippen LogP contribution is -2.42. The van der Waals surface area contributed by atoms with Gasteiger partial charge in [0.1, 0.15) is 12.0 Å². The molecule has 0 radical (unpaired) electrons. The second-order valence-electron chi connectivity index (χ2n) is 7.12. The number of esters is 1. The van der Waals surface area contributed by atoms with Crippen LogP contribution < -0.4 is 5.43 Å². The van der Waals surface area contributed by atoms with Crippen LogP contribution in [0.2, 0.25) is 0 Å². The number of carbonyl (C=O) groups excluding carboxylic acids is 1. The monoisotopic (exact) mass is 421 g/mol. The largest absolute Gasteiger partial charge is 0.508 e. The van der Waals surface area contributed by atoms with Crippen molar-refractivity contribution in [3.8, 4) is 5.75 Å². The van der Waals surface area contributed by atoms with Gasteiger partial charge in [-0.1, -0.05) is 18.2 Å². The number of phenolic OH excluding ortho intramolecular Hbond substituents is 1. The van der Waals surface area contributed by atoms with E-state index in [0.717, 1.165) is 5.56 Å². The van der Waals surface area contributed by atoms with Crippen LogP contribution in [0.5, 0.6) is 5.75 Å². The summed E-state index contributed by atoms with van der Waals surface area (Å²) >= 11 is 0. The number of ether oxygens (including phenoxy) is 1. The Labute approximate surface area is 179 Å². The first-order valence-electron chi connectivity index (χ1n) is 9.94. The van der Waals surface area contributed by atoms with Crippen LogP contribution in [0.4, 0.5) is 5.69 Å². The summed E-state index contributed by atoms with van der Waals surface area (Å²) in [6.45, 7) is 3.71. The standard InChI is InChI=1S/C22H23N5O4/c1-3-31-22(30)17-13(2)19(14-9-11-16(28)12-10-14)27-20(23-17)18(21(29)26-27)25-24-15-7-5-4-6-8-15/h4-12,18,20-21,26,28-29H,3H2,1-2H3. The maximum atomic E-state index is 12.6. The van der Waals surface area contributed by atoms with Gasteiger partial charge in [-0.25, -0.2) is 15.2 Å². The molecule has 0 bridgehead atoms. The Morgan fingerprint density at radius 1 is 1.19 bits per heavy atom. The third kappa shape index (κ3) is 4.05. The third-order valence-electron chi connectivity index (χ3n) is 5.05. The number of rotatable bonds is 5. The molecule has 31 heavy (non-hydrogen) atoms. The van der Waals surface area contributed by atoms with Crippen LogP contribution >= 0.6 is 0 Å². The van der Waals surface area contributed by atoms with Crippen LogP contribution in [-0.2, 0) is 9.53 Å². The molecule has 3 unspecified atom stereocenters. The van der Waals surface area contributed by atoms with E-state index in [4.69, 9.17) is 4.74 Å². The Hall–Kier alpha value is -3.56. The molecule has 0 amide bonds. The number of phenols is 1. The van der Waals surface area contributed by atoms with Crippen molar-refractivity contribution < 1.29 is 19.7 Å². The van der Waals surface area contributed by atoms with Crippen molar-refractivity contribution in [3.63, 3.8) is 0 Å². The molecule has 2 aliphatic rings. The van der Waals surface area contributed by atoms with E-state index in [0.29, 0.717) is 17.0 Å². The van der Waals surface area contributed by atoms with Gasteiger partial charge in [-0.05, 0) is 55.8 Å². The van der Waals surface area contributed by atoms with Gasteiger partial charge in [0.25, 0.3) is 0 Å². The zero-order valence-electron chi connectivity index (χ0n) is 17.1. The highest BCUT2D eigenvalue weighted by molar-refractivity contribution is 6.44. The summed E-state index contributed by atoms with van der Waals surface area (Å²) < 4.78 is 5.20. The summed E-state index contributed by atoms with van der Waals surface area (Å²) in [7, 11) is 0. The molecule has 9 heteroatoms. The van der Waals surface area contributed by atoms with Crippen LogP contribution in [0.3, 0.4) is 0 Å². The van der Waals surface area contributed by atoms with Crippen molar-refractivity contribution in [3.05, 3.63) is 65.7 Å². The average Bonchev–Trinajstić information content (AvgIpc) is 3.08. The predicted octanol–water partition coefficient (Wildman–Crippen LogP) is 2.76. The molecule has 1 fully saturated rings. The molecule has 160 valence electrons. The molecule has 9 nitrogen and oxygen atoms in total. The van der Waals surface area contributed by atoms with Crippen LogP contribution in [0.15, 0.2) is 75.4 Å². The fourth-order valence-corrected chi connectivity index (χ4v) is 3.59. The number of aliphatic hydroxyl groups is 1. The Morgan fingerprint density at radius 3 is 2.58 bits per heavy atom. The molecule has 4 rings (SSSR count). The van der Waals surface area contributed by atoms with E-state index < -0.39 is 24.4 Å². The molecule has 2 aliphatic heterocycles. The molecule has 2 heterocycles. The molecule has 0 aliphatic carbocycles. The molecule has 0 saturated carbocycles. The predicted molar refractivity (Wildman–Crippen MR) is 114 cm³/mol. The highest BCUT2D eigenvalue weighted by Crippen LogP contribution is 2.36. The number of fused-ring (bicyclic) bond motifs is 1. The number of aromatic hydroxyl groups is 1. The van der Waals surface area contributed by atoms with Crippen LogP contribution in [0, 0.1) is 0 Å². The lowest BCUT2D eigenvalue weighted by Gasteiger charge is -2.32. The number of aliphatic hydroxyl groups excluding tert-OH is 1. The fraction of sp³-hybridized carbons (Fsp3) is 0.273. The van der Waals surface area contributed by atoms with Gasteiger partial charge in [0.15, 0.2) is 17.9 Å². The summed E-state index contributed by atoms with van der Waals surface area (Å²) in [6, 6.07) is 15.0. The van der Waals surface area contributed by atoms with Gasteiger partial charge in [-0.2, -0.15) is 10.2 Å². The minimum absolute atomic E-state index is 0.123. The zero-order valence-corrected chi connectivity index (χ0v) is 17.1. The molecule has 2 aromatic rings. The molecule has 0 spiro atoms. The van der Waals surface area contributed by atoms with Crippen LogP contribution in [-0.4, -0.2) is 51.9 Å². The van der Waals surface area contributed by atoms with Crippen molar-refractivity contribution >= 4 is 23.1 Å². The zero-order chi connectivity index (χ0) is 22.0. The van der Waals surface area contributed by atoms with Gasteiger partial charge in [0.05, 0.1) is 18.0 Å². The van der Waals surface area contributed by atoms with E-state index in [1.807, 2.05) is 18.2 Å². The molecule has 1 saturated heterocycles. The van der Waals surface area contributed by atoms with Gasteiger partial charge >= 0.3 is 5.97 Å². The first-order valence-corrected chi connectivity index (χ1v) is 9.94. The van der Waals surface area contributed by atoms with E-state index in [1.54, 1.807) is 55.3 Å². The second-order valence-corrected chi connectivity index (χ2v) is 7.12. The van der Waals surface area contributed by atoms with Crippen LogP contribution in [0.25, 0.3) is 5.70 Å². The lowest BCUT2D eigenvalue weighted by molar-refractivity contribution is -0.135. The number of aliphatic imine (C=N–C) groups is 1. The minimum atomic E-state index is -1.07. The van der Waals surface area contributed by atoms with Crippen molar-refractivity contribution in [2.24, 2.45) is 15.2 Å². The number of hydrogen-bond acceptors (Lipinski definition) is 9. The third-order valence-corrected chi connectivity index (χ3v) is 5.05. The normalized spacial score (nSPS) is 23.1. The van der Waals surface area contributed by atoms with Crippen molar-refractivity contribution in [1.29, 1.82) is 0 Å². The molecular formula is C22H23N5O4. The summed E-state index contributed by atoms with van der Waals surface area (Å²) in [6.07, 6.45) is -1.78. The van der Waals surface area contributed by atoms with E-state index in [-0.39, 0.29) is 18.1 Å². The maximum absolute atomic E-state index is 12.6. The lowest BCUT2D eigenvalue weighted by atomic mass is 10.00. The Balaban J connectivity index is 1.76. The molecular weight excluding hydrogens is 398 g/mol. The number of hydrazine groups is 1. The second kappa shape index (κ2) is 8.66. The molecule has 3 N–H and O–H groups in total. The van der Waals surface area contributed by atoms with Gasteiger partial charge in [-0.3, -0.25) is 5.01 Å². The number of nitrogens with zero attached hydrogens (tertiary/aromatic N) is 4. The smallest absolute Gasteiger partial charge is 0.356 e. The van der Waals surface area contributed by atoms with E-state index in [9.17, 15) is 15.0 Å². The van der Waals surface area contributed by atoms with Crippen molar-refractivity contribution in [2.75, 3.05) is 6.61 Å². The first kappa shape index (κ1) is 20.7. The summed E-state index contributed by atoms with van der Waals surface area (Å²) in [5, 5.41) is 30.6. The highest BCUT2D eigenvalue weighted by Gasteiger charge is 2.46. The number of carbonyl (C=O) groups is 1. The number of benzene rings is 2. The Bertz CT molecular complexity index is 1050. The summed E-state index contributed by atoms with van der Waals surface area (Å²) in [5.74, 6) is -0.423. The van der Waals surface area contributed by atoms with Gasteiger partial charge in [0, 0.05) is 5.57 Å². The Morgan fingerprint density at radius 2 is 1.90 bits per heavy atom. The van der Waals surface area contributed by atoms with Crippen molar-refractivity contribution in [2.45, 2.75) is 32.3 Å². The Kier molecular flexibility index (Phi) is 5.79. The van der Waals surface area contributed by atoms with Gasteiger partial charge in [-0.15, -0.1) is 0 Å². The average molecular weight is 421 g/mol. The van der Waals surface area contributed by atoms with E-state index in [2.05, 4.69) is 20.6 Å². The SMILES string of the molecule is CCOC(=O)C1=NC2C(N=Nc3ccccc3)C(O)NN2C(c2ccc(O)cc2)=C1C. The topological polar surface area (TPSA) is 119 Å². The van der Waals surface area contributed by atoms with E-state index >= 15 is 0 Å². The fourth-order valence-electron chi connectivity index (χ4n) is 3.59. The van der Waals surface area contributed by atoms with Gasteiger partial charge in [0.2, 0.25) is 0 Å². The molecule has 0 aromatic heterocycles. The van der Waals surface area contributed by atoms with E-state index in [1.165, 1.54) is 0 Å². The highest BCUT2D eigenvalue weighted by atomic mass is 16.5. The minimum Gasteiger partial charge on any atom is -0.508 e. The quantitative estimate of drug-likeness (QED) is 0.505. The van der Waals surface area contributed by atoms with Crippen LogP contribution in [0.1, 0.15) is 19.4 Å². The molecule has 3 atom stereocenters. The molecule has 2 aromatic carbocycles. The number of nitrogens with one attached hydrogen (secondary N) is 1. The number of hydrogen-bond donors (Lipinski definition) is 3.